The number of ether oxygens (including phenoxy) is 1. The summed E-state index contributed by atoms with van der Waals surface area (Å²) in [5, 5.41) is 10.9. The van der Waals surface area contributed by atoms with Crippen molar-refractivity contribution in [3.63, 3.8) is 0 Å². The molecule has 1 amide bonds. The summed E-state index contributed by atoms with van der Waals surface area (Å²) in [5.74, 6) is -1.52. The largest absolute Gasteiger partial charge is 0.550 e. The average Bonchev–Trinajstić information content (AvgIpc) is 2.12. The molecule has 1 unspecified atom stereocenters. The van der Waals surface area contributed by atoms with Crippen molar-refractivity contribution >= 4 is 12.1 Å². The van der Waals surface area contributed by atoms with Crippen LogP contribution in [-0.4, -0.2) is 34.6 Å². The zero-order valence-corrected chi connectivity index (χ0v) is 11.8. The van der Waals surface area contributed by atoms with E-state index in [4.69, 9.17) is 4.74 Å². The number of rotatable bonds is 1. The molecule has 1 heterocycles. The lowest BCUT2D eigenvalue weighted by Gasteiger charge is -2.45. The van der Waals surface area contributed by atoms with Crippen molar-refractivity contribution in [1.82, 2.24) is 4.90 Å². The van der Waals surface area contributed by atoms with Crippen molar-refractivity contribution < 1.29 is 19.4 Å². The standard InChI is InChI=1S/C13H23NO4/c1-12(2,3)18-11(17)14-7-6-9(10(15)16)8-13(14,4)5/h9H,6-8H2,1-5H3,(H,15,16)/p-1. The van der Waals surface area contributed by atoms with Gasteiger partial charge in [-0.2, -0.15) is 0 Å². The first-order valence-corrected chi connectivity index (χ1v) is 6.24. The molecule has 0 aromatic carbocycles. The maximum absolute atomic E-state index is 12.0. The van der Waals surface area contributed by atoms with Gasteiger partial charge in [-0.25, -0.2) is 4.79 Å². The quantitative estimate of drug-likeness (QED) is 0.706. The highest BCUT2D eigenvalue weighted by Gasteiger charge is 2.39. The summed E-state index contributed by atoms with van der Waals surface area (Å²) in [5.41, 5.74) is -1.07. The number of carbonyl (C=O) groups is 2. The first-order valence-electron chi connectivity index (χ1n) is 6.24. The molecule has 1 aliphatic rings. The lowest BCUT2D eigenvalue weighted by molar-refractivity contribution is -0.313. The molecule has 5 nitrogen and oxygen atoms in total. The summed E-state index contributed by atoms with van der Waals surface area (Å²) >= 11 is 0. The highest BCUT2D eigenvalue weighted by atomic mass is 16.6. The van der Waals surface area contributed by atoms with E-state index in [0.717, 1.165) is 0 Å². The Morgan fingerprint density at radius 2 is 1.89 bits per heavy atom. The number of carboxylic acids is 1. The monoisotopic (exact) mass is 256 g/mol. The lowest BCUT2D eigenvalue weighted by atomic mass is 9.83. The van der Waals surface area contributed by atoms with Gasteiger partial charge in [0.15, 0.2) is 0 Å². The van der Waals surface area contributed by atoms with Gasteiger partial charge in [0.2, 0.25) is 0 Å². The van der Waals surface area contributed by atoms with Gasteiger partial charge < -0.3 is 19.5 Å². The van der Waals surface area contributed by atoms with Crippen LogP contribution in [0.2, 0.25) is 0 Å². The fourth-order valence-electron chi connectivity index (χ4n) is 2.26. The van der Waals surface area contributed by atoms with Crippen molar-refractivity contribution in [2.75, 3.05) is 6.54 Å². The molecule has 5 heteroatoms. The molecule has 1 rings (SSSR count). The maximum atomic E-state index is 12.0. The summed E-state index contributed by atoms with van der Waals surface area (Å²) < 4.78 is 5.33. The Morgan fingerprint density at radius 3 is 2.28 bits per heavy atom. The van der Waals surface area contributed by atoms with Crippen LogP contribution in [0, 0.1) is 5.92 Å². The number of likely N-dealkylation sites (tertiary alicyclic amines) is 1. The average molecular weight is 256 g/mol. The summed E-state index contributed by atoms with van der Waals surface area (Å²) in [6.07, 6.45) is 0.434. The van der Waals surface area contributed by atoms with Gasteiger partial charge in [-0.05, 0) is 47.5 Å². The minimum absolute atomic E-state index is 0.385. The Bertz CT molecular complexity index is 343. The third-order valence-electron chi connectivity index (χ3n) is 3.13. The van der Waals surface area contributed by atoms with Crippen molar-refractivity contribution in [2.24, 2.45) is 5.92 Å². The van der Waals surface area contributed by atoms with E-state index in [1.165, 1.54) is 0 Å². The van der Waals surface area contributed by atoms with E-state index >= 15 is 0 Å². The van der Waals surface area contributed by atoms with Gasteiger partial charge in [-0.15, -0.1) is 0 Å². The Kier molecular flexibility index (Phi) is 3.93. The van der Waals surface area contributed by atoms with Gasteiger partial charge in [0, 0.05) is 24.0 Å². The van der Waals surface area contributed by atoms with Crippen molar-refractivity contribution in [1.29, 1.82) is 0 Å². The first-order chi connectivity index (χ1) is 8.03. The normalized spacial score (nSPS) is 23.6. The second-order valence-corrected chi connectivity index (χ2v) is 6.45. The molecule has 0 saturated carbocycles. The molecule has 104 valence electrons. The fourth-order valence-corrected chi connectivity index (χ4v) is 2.26. The van der Waals surface area contributed by atoms with E-state index < -0.39 is 23.0 Å². The Hall–Kier alpha value is -1.26. The highest BCUT2D eigenvalue weighted by Crippen LogP contribution is 2.32. The highest BCUT2D eigenvalue weighted by molar-refractivity contribution is 5.71. The predicted molar refractivity (Wildman–Crippen MR) is 64.8 cm³/mol. The van der Waals surface area contributed by atoms with Gasteiger partial charge in [0.1, 0.15) is 5.60 Å². The van der Waals surface area contributed by atoms with Crippen molar-refractivity contribution in [3.05, 3.63) is 0 Å². The molecule has 1 aliphatic heterocycles. The van der Waals surface area contributed by atoms with E-state index in [-0.39, 0.29) is 6.09 Å². The summed E-state index contributed by atoms with van der Waals surface area (Å²) in [6.45, 7) is 9.53. The number of aliphatic carboxylic acids is 1. The Balaban J connectivity index is 2.74. The molecule has 1 saturated heterocycles. The molecule has 0 radical (unpaired) electrons. The zero-order valence-electron chi connectivity index (χ0n) is 11.8. The number of piperidine rings is 1. The smallest absolute Gasteiger partial charge is 0.410 e. The third-order valence-corrected chi connectivity index (χ3v) is 3.13. The molecular weight excluding hydrogens is 234 g/mol. The molecule has 0 aromatic heterocycles. The molecular formula is C13H22NO4-. The number of amides is 1. The molecule has 1 atom stereocenters. The maximum Gasteiger partial charge on any atom is 0.410 e. The van der Waals surface area contributed by atoms with Gasteiger partial charge in [-0.3, -0.25) is 0 Å². The molecule has 0 aromatic rings. The molecule has 0 aliphatic carbocycles. The van der Waals surface area contributed by atoms with Crippen molar-refractivity contribution in [3.8, 4) is 0 Å². The van der Waals surface area contributed by atoms with Gasteiger partial charge in [-0.1, -0.05) is 0 Å². The number of hydrogen-bond donors (Lipinski definition) is 0. The van der Waals surface area contributed by atoms with Gasteiger partial charge >= 0.3 is 6.09 Å². The number of nitrogens with zero attached hydrogens (tertiary/aromatic N) is 1. The first kappa shape index (κ1) is 14.8. The molecule has 0 bridgehead atoms. The van der Waals surface area contributed by atoms with Crippen LogP contribution >= 0.6 is 0 Å². The number of carboxylic acid groups (broad SMARTS) is 1. The van der Waals surface area contributed by atoms with Crippen LogP contribution < -0.4 is 5.11 Å². The second kappa shape index (κ2) is 4.78. The van der Waals surface area contributed by atoms with E-state index in [1.54, 1.807) is 4.90 Å². The minimum Gasteiger partial charge on any atom is -0.550 e. The predicted octanol–water partition coefficient (Wildman–Crippen LogP) is 1.16. The lowest BCUT2D eigenvalue weighted by Crippen LogP contribution is -2.56. The molecule has 1 fully saturated rings. The SMILES string of the molecule is CC(C)(C)OC(=O)N1CCC(C(=O)[O-])CC1(C)C. The van der Waals surface area contributed by atoms with Crippen LogP contribution in [0.25, 0.3) is 0 Å². The van der Waals surface area contributed by atoms with Crippen LogP contribution in [0.1, 0.15) is 47.5 Å². The topological polar surface area (TPSA) is 69.7 Å². The summed E-state index contributed by atoms with van der Waals surface area (Å²) in [6, 6.07) is 0. The van der Waals surface area contributed by atoms with Gasteiger partial charge in [0.25, 0.3) is 0 Å². The number of hydrogen-bond acceptors (Lipinski definition) is 4. The second-order valence-electron chi connectivity index (χ2n) is 6.45. The van der Waals surface area contributed by atoms with E-state index in [9.17, 15) is 14.7 Å². The molecule has 18 heavy (non-hydrogen) atoms. The third kappa shape index (κ3) is 3.62. The Morgan fingerprint density at radius 1 is 1.33 bits per heavy atom. The summed E-state index contributed by atoms with van der Waals surface area (Å²) in [4.78, 5) is 24.6. The van der Waals surface area contributed by atoms with Crippen LogP contribution in [0.4, 0.5) is 4.79 Å². The minimum atomic E-state index is -1.04. The van der Waals surface area contributed by atoms with E-state index in [2.05, 4.69) is 0 Å². The van der Waals surface area contributed by atoms with Crippen LogP contribution in [0.3, 0.4) is 0 Å². The van der Waals surface area contributed by atoms with Crippen LogP contribution in [0.15, 0.2) is 0 Å². The fraction of sp³-hybridized carbons (Fsp3) is 0.846. The zero-order chi connectivity index (χ0) is 14.1. The molecule has 0 spiro atoms. The van der Waals surface area contributed by atoms with Crippen molar-refractivity contribution in [2.45, 2.75) is 58.6 Å². The Labute approximate surface area is 108 Å². The van der Waals surface area contributed by atoms with E-state index in [0.29, 0.717) is 19.4 Å². The van der Waals surface area contributed by atoms with Crippen LogP contribution in [-0.2, 0) is 9.53 Å². The van der Waals surface area contributed by atoms with Crippen LogP contribution in [0.5, 0.6) is 0 Å². The number of carbonyl (C=O) groups excluding carboxylic acids is 2. The summed E-state index contributed by atoms with van der Waals surface area (Å²) in [7, 11) is 0. The van der Waals surface area contributed by atoms with Gasteiger partial charge in [0.05, 0.1) is 0 Å². The molecule has 0 N–H and O–H groups in total. The van der Waals surface area contributed by atoms with E-state index in [1.807, 2.05) is 34.6 Å².